The summed E-state index contributed by atoms with van der Waals surface area (Å²) in [7, 11) is 0. The molecule has 0 spiro atoms. The molecule has 1 aromatic rings. The van der Waals surface area contributed by atoms with E-state index in [4.69, 9.17) is 5.11 Å². The molecule has 0 saturated heterocycles. The molecule has 1 aromatic heterocycles. The fourth-order valence-corrected chi connectivity index (χ4v) is 0.753. The molecule has 1 heterocycles. The fraction of sp³-hybridized carbons (Fsp3) is 0.500. The van der Waals surface area contributed by atoms with Crippen LogP contribution in [0.3, 0.4) is 0 Å². The van der Waals surface area contributed by atoms with Crippen LogP contribution in [0.15, 0.2) is 9.21 Å². The maximum absolute atomic E-state index is 10.8. The van der Waals surface area contributed by atoms with Crippen molar-refractivity contribution in [2.45, 2.75) is 19.9 Å². The number of nitrogens with zero attached hydrogens (tertiary/aromatic N) is 2. The highest BCUT2D eigenvalue weighted by atomic mass is 16.4. The first-order valence-corrected chi connectivity index (χ1v) is 3.36. The van der Waals surface area contributed by atoms with E-state index in [2.05, 4.69) is 9.52 Å². The van der Waals surface area contributed by atoms with E-state index in [0.717, 1.165) is 4.68 Å². The lowest BCUT2D eigenvalue weighted by atomic mass is 10.4. The van der Waals surface area contributed by atoms with Crippen molar-refractivity contribution in [1.29, 1.82) is 0 Å². The molecular weight excluding hydrogens is 164 g/mol. The second-order valence-corrected chi connectivity index (χ2v) is 2.25. The molecule has 0 atom stereocenters. The maximum atomic E-state index is 10.8. The smallest absolute Gasteiger partial charge is 0.437 e. The first-order chi connectivity index (χ1) is 5.59. The number of hydrogen-bond acceptors (Lipinski definition) is 4. The Balaban J connectivity index is 2.69. The number of aryl methyl sites for hydroxylation is 2. The molecule has 1 rings (SSSR count). The third-order valence-corrected chi connectivity index (χ3v) is 1.24. The van der Waals surface area contributed by atoms with E-state index in [0.29, 0.717) is 0 Å². The number of carboxylic acid groups (broad SMARTS) is 1. The Kier molecular flexibility index (Phi) is 2.27. The zero-order valence-corrected chi connectivity index (χ0v) is 6.48. The summed E-state index contributed by atoms with van der Waals surface area (Å²) in [6.45, 7) is 1.57. The minimum atomic E-state index is -0.970. The lowest BCUT2D eigenvalue weighted by molar-refractivity contribution is -0.137. The molecule has 6 heteroatoms. The van der Waals surface area contributed by atoms with Crippen LogP contribution in [0.2, 0.25) is 0 Å². The highest BCUT2D eigenvalue weighted by Gasteiger charge is 2.05. The minimum Gasteiger partial charge on any atom is -0.481 e. The van der Waals surface area contributed by atoms with Crippen molar-refractivity contribution in [3.63, 3.8) is 0 Å². The predicted molar refractivity (Wildman–Crippen MR) is 37.8 cm³/mol. The van der Waals surface area contributed by atoms with Gasteiger partial charge in [0.15, 0.2) is 0 Å². The number of carbonyl (C=O) groups is 1. The topological polar surface area (TPSA) is 85.3 Å². The first-order valence-electron chi connectivity index (χ1n) is 3.36. The largest absolute Gasteiger partial charge is 0.481 e. The monoisotopic (exact) mass is 172 g/mol. The highest BCUT2D eigenvalue weighted by Crippen LogP contribution is 1.88. The second-order valence-electron chi connectivity index (χ2n) is 2.25. The fourth-order valence-electron chi connectivity index (χ4n) is 0.753. The van der Waals surface area contributed by atoms with Crippen molar-refractivity contribution in [3.05, 3.63) is 16.4 Å². The van der Waals surface area contributed by atoms with Crippen LogP contribution < -0.4 is 5.76 Å². The Morgan fingerprint density at radius 3 is 2.83 bits per heavy atom. The number of hydrogen-bond donors (Lipinski definition) is 1. The Bertz CT molecular complexity index is 338. The Labute approximate surface area is 67.4 Å². The summed E-state index contributed by atoms with van der Waals surface area (Å²) in [5.41, 5.74) is 0. The van der Waals surface area contributed by atoms with Crippen molar-refractivity contribution >= 4 is 5.97 Å². The molecule has 0 saturated carbocycles. The summed E-state index contributed by atoms with van der Waals surface area (Å²) in [6, 6.07) is 0. The summed E-state index contributed by atoms with van der Waals surface area (Å²) in [5, 5.41) is 12.0. The molecule has 6 nitrogen and oxygen atoms in total. The average molecular weight is 172 g/mol. The average Bonchev–Trinajstić information content (AvgIpc) is 2.26. The Morgan fingerprint density at radius 1 is 1.75 bits per heavy atom. The van der Waals surface area contributed by atoms with Gasteiger partial charge in [-0.05, 0) is 0 Å². The van der Waals surface area contributed by atoms with Gasteiger partial charge in [0.1, 0.15) is 0 Å². The van der Waals surface area contributed by atoms with Crippen molar-refractivity contribution in [1.82, 2.24) is 9.78 Å². The van der Waals surface area contributed by atoms with E-state index in [1.54, 1.807) is 0 Å². The normalized spacial score (nSPS) is 10.1. The molecule has 0 fully saturated rings. The zero-order chi connectivity index (χ0) is 9.14. The molecule has 0 aromatic carbocycles. The van der Waals surface area contributed by atoms with Crippen LogP contribution in [-0.4, -0.2) is 20.9 Å². The highest BCUT2D eigenvalue weighted by molar-refractivity contribution is 5.66. The lowest BCUT2D eigenvalue weighted by Crippen LogP contribution is -2.17. The third kappa shape index (κ3) is 1.94. The summed E-state index contributed by atoms with van der Waals surface area (Å²) >= 11 is 0. The van der Waals surface area contributed by atoms with Crippen molar-refractivity contribution in [3.8, 4) is 0 Å². The third-order valence-electron chi connectivity index (χ3n) is 1.24. The SMILES string of the molecule is Cc1nn(CCC(=O)O)c(=O)o1. The van der Waals surface area contributed by atoms with Crippen LogP contribution in [0, 0.1) is 6.92 Å². The molecule has 0 aliphatic heterocycles. The van der Waals surface area contributed by atoms with Crippen molar-refractivity contribution < 1.29 is 14.3 Å². The summed E-state index contributed by atoms with van der Waals surface area (Å²) < 4.78 is 5.54. The molecule has 66 valence electrons. The van der Waals surface area contributed by atoms with E-state index in [-0.39, 0.29) is 18.9 Å². The van der Waals surface area contributed by atoms with Gasteiger partial charge in [-0.25, -0.2) is 4.79 Å². The summed E-state index contributed by atoms with van der Waals surface area (Å²) in [6.07, 6.45) is -0.133. The molecular formula is C6H8N2O4. The van der Waals surface area contributed by atoms with Crippen LogP contribution in [0.25, 0.3) is 0 Å². The van der Waals surface area contributed by atoms with Crippen LogP contribution in [0.4, 0.5) is 0 Å². The van der Waals surface area contributed by atoms with Crippen LogP contribution in [0.5, 0.6) is 0 Å². The quantitative estimate of drug-likeness (QED) is 0.671. The molecule has 0 bridgehead atoms. The summed E-state index contributed by atoms with van der Waals surface area (Å²) in [5.74, 6) is -1.35. The number of rotatable bonds is 3. The van der Waals surface area contributed by atoms with E-state index < -0.39 is 11.7 Å². The summed E-state index contributed by atoms with van der Waals surface area (Å²) in [4.78, 5) is 20.9. The molecule has 12 heavy (non-hydrogen) atoms. The molecule has 1 N–H and O–H groups in total. The van der Waals surface area contributed by atoms with Crippen LogP contribution in [-0.2, 0) is 11.3 Å². The van der Waals surface area contributed by atoms with Gasteiger partial charge >= 0.3 is 11.7 Å². The Morgan fingerprint density at radius 2 is 2.42 bits per heavy atom. The van der Waals surface area contributed by atoms with E-state index in [1.165, 1.54) is 6.92 Å². The molecule has 0 radical (unpaired) electrons. The molecule has 0 unspecified atom stereocenters. The van der Waals surface area contributed by atoms with Gasteiger partial charge in [-0.3, -0.25) is 4.79 Å². The second kappa shape index (κ2) is 3.21. The first kappa shape index (κ1) is 8.51. The maximum Gasteiger partial charge on any atom is 0.437 e. The van der Waals surface area contributed by atoms with E-state index in [9.17, 15) is 9.59 Å². The van der Waals surface area contributed by atoms with Gasteiger partial charge in [-0.15, -0.1) is 5.10 Å². The van der Waals surface area contributed by atoms with Gasteiger partial charge in [0.05, 0.1) is 13.0 Å². The number of aliphatic carboxylic acids is 1. The van der Waals surface area contributed by atoms with Gasteiger partial charge in [0, 0.05) is 6.92 Å². The predicted octanol–water partition coefficient (Wildman–Crippen LogP) is -0.381. The van der Waals surface area contributed by atoms with E-state index in [1.807, 2.05) is 0 Å². The number of carboxylic acids is 1. The lowest BCUT2D eigenvalue weighted by Gasteiger charge is -1.91. The van der Waals surface area contributed by atoms with Gasteiger partial charge in [-0.2, -0.15) is 4.68 Å². The zero-order valence-electron chi connectivity index (χ0n) is 6.48. The van der Waals surface area contributed by atoms with Gasteiger partial charge in [0.25, 0.3) is 0 Å². The van der Waals surface area contributed by atoms with Gasteiger partial charge in [0.2, 0.25) is 5.89 Å². The van der Waals surface area contributed by atoms with Crippen molar-refractivity contribution in [2.24, 2.45) is 0 Å². The van der Waals surface area contributed by atoms with Crippen LogP contribution >= 0.6 is 0 Å². The molecule has 0 amide bonds. The standard InChI is InChI=1S/C6H8N2O4/c1-4-7-8(6(11)12-4)3-2-5(9)10/h2-3H2,1H3,(H,9,10). The van der Waals surface area contributed by atoms with Crippen LogP contribution in [0.1, 0.15) is 12.3 Å². The van der Waals surface area contributed by atoms with Crippen molar-refractivity contribution in [2.75, 3.05) is 0 Å². The Hall–Kier alpha value is -1.59. The van der Waals surface area contributed by atoms with Gasteiger partial charge < -0.3 is 9.52 Å². The number of aromatic nitrogens is 2. The minimum absolute atomic E-state index is 0.0471. The molecule has 0 aliphatic rings. The molecule has 0 aliphatic carbocycles. The van der Waals surface area contributed by atoms with E-state index >= 15 is 0 Å². The van der Waals surface area contributed by atoms with Gasteiger partial charge in [-0.1, -0.05) is 0 Å².